The Hall–Kier alpha value is -0.520. The zero-order chi connectivity index (χ0) is 12.6. The molecule has 0 spiro atoms. The molecule has 0 aromatic carbocycles. The summed E-state index contributed by atoms with van der Waals surface area (Å²) >= 11 is 0. The van der Waals surface area contributed by atoms with Crippen LogP contribution < -0.4 is 10.6 Å². The van der Waals surface area contributed by atoms with Crippen molar-refractivity contribution in [3.8, 4) is 12.3 Å². The fourth-order valence-electron chi connectivity index (χ4n) is 3.62. The molecule has 1 aliphatic heterocycles. The Morgan fingerprint density at radius 2 is 1.94 bits per heavy atom. The van der Waals surface area contributed by atoms with E-state index in [2.05, 4.69) is 16.6 Å². The highest BCUT2D eigenvalue weighted by molar-refractivity contribution is 4.91. The summed E-state index contributed by atoms with van der Waals surface area (Å²) in [4.78, 5) is 0. The molecule has 0 bridgehead atoms. The summed E-state index contributed by atoms with van der Waals surface area (Å²) in [5, 5.41) is 7.52. The SMILES string of the molecule is C#CCCCNC1CCCCC1C1CCCCN1. The van der Waals surface area contributed by atoms with Crippen molar-refractivity contribution in [2.24, 2.45) is 5.92 Å². The van der Waals surface area contributed by atoms with Crippen LogP contribution >= 0.6 is 0 Å². The first-order valence-corrected chi connectivity index (χ1v) is 7.82. The number of terminal acetylenes is 1. The van der Waals surface area contributed by atoms with E-state index in [9.17, 15) is 0 Å². The van der Waals surface area contributed by atoms with Gasteiger partial charge in [0.05, 0.1) is 0 Å². The highest BCUT2D eigenvalue weighted by Crippen LogP contribution is 2.30. The Morgan fingerprint density at radius 3 is 2.72 bits per heavy atom. The van der Waals surface area contributed by atoms with Gasteiger partial charge in [0, 0.05) is 18.5 Å². The van der Waals surface area contributed by atoms with Gasteiger partial charge in [-0.15, -0.1) is 12.3 Å². The molecule has 1 aliphatic carbocycles. The molecule has 2 fully saturated rings. The number of rotatable bonds is 5. The number of hydrogen-bond donors (Lipinski definition) is 2. The Labute approximate surface area is 112 Å². The number of piperidine rings is 1. The van der Waals surface area contributed by atoms with Crippen molar-refractivity contribution >= 4 is 0 Å². The summed E-state index contributed by atoms with van der Waals surface area (Å²) < 4.78 is 0. The first kappa shape index (κ1) is 13.9. The molecule has 2 heteroatoms. The van der Waals surface area contributed by atoms with Crippen LogP contribution in [-0.4, -0.2) is 25.2 Å². The average molecular weight is 248 g/mol. The molecule has 2 nitrogen and oxygen atoms in total. The lowest BCUT2D eigenvalue weighted by Gasteiger charge is -2.40. The van der Waals surface area contributed by atoms with Gasteiger partial charge in [0.15, 0.2) is 0 Å². The van der Waals surface area contributed by atoms with Crippen molar-refractivity contribution in [3.05, 3.63) is 0 Å². The van der Waals surface area contributed by atoms with Crippen LogP contribution in [-0.2, 0) is 0 Å². The van der Waals surface area contributed by atoms with E-state index in [1.807, 2.05) is 0 Å². The number of hydrogen-bond acceptors (Lipinski definition) is 2. The first-order chi connectivity index (χ1) is 8.92. The second-order valence-corrected chi connectivity index (χ2v) is 5.87. The van der Waals surface area contributed by atoms with Gasteiger partial charge in [0.2, 0.25) is 0 Å². The normalized spacial score (nSPS) is 32.9. The van der Waals surface area contributed by atoms with Gasteiger partial charge in [0.1, 0.15) is 0 Å². The maximum absolute atomic E-state index is 5.30. The van der Waals surface area contributed by atoms with Gasteiger partial charge in [-0.05, 0) is 51.1 Å². The highest BCUT2D eigenvalue weighted by atomic mass is 15.0. The van der Waals surface area contributed by atoms with E-state index in [4.69, 9.17) is 6.42 Å². The van der Waals surface area contributed by atoms with E-state index >= 15 is 0 Å². The lowest BCUT2D eigenvalue weighted by molar-refractivity contribution is 0.182. The minimum absolute atomic E-state index is 0.729. The Bertz CT molecular complexity index is 263. The monoisotopic (exact) mass is 248 g/mol. The lowest BCUT2D eigenvalue weighted by atomic mass is 9.77. The van der Waals surface area contributed by atoms with Gasteiger partial charge in [-0.3, -0.25) is 0 Å². The Kier molecular flexibility index (Phi) is 6.04. The maximum atomic E-state index is 5.30. The van der Waals surface area contributed by atoms with Crippen molar-refractivity contribution in [3.63, 3.8) is 0 Å². The predicted molar refractivity (Wildman–Crippen MR) is 77.5 cm³/mol. The van der Waals surface area contributed by atoms with Gasteiger partial charge in [-0.25, -0.2) is 0 Å². The number of unbranched alkanes of at least 4 members (excludes halogenated alkanes) is 1. The van der Waals surface area contributed by atoms with Crippen LogP contribution in [0.15, 0.2) is 0 Å². The molecule has 3 unspecified atom stereocenters. The van der Waals surface area contributed by atoms with E-state index in [0.29, 0.717) is 0 Å². The van der Waals surface area contributed by atoms with Crippen LogP contribution in [0.4, 0.5) is 0 Å². The molecule has 18 heavy (non-hydrogen) atoms. The molecule has 102 valence electrons. The molecule has 0 aromatic heterocycles. The van der Waals surface area contributed by atoms with Crippen LogP contribution in [0.25, 0.3) is 0 Å². The van der Waals surface area contributed by atoms with Gasteiger partial charge >= 0.3 is 0 Å². The van der Waals surface area contributed by atoms with E-state index < -0.39 is 0 Å². The summed E-state index contributed by atoms with van der Waals surface area (Å²) in [5.74, 6) is 3.58. The molecular formula is C16H28N2. The summed E-state index contributed by atoms with van der Waals surface area (Å²) in [5.41, 5.74) is 0. The predicted octanol–water partition coefficient (Wildman–Crippen LogP) is 2.69. The number of nitrogens with one attached hydrogen (secondary N) is 2. The molecule has 2 rings (SSSR count). The van der Waals surface area contributed by atoms with Gasteiger partial charge < -0.3 is 10.6 Å². The van der Waals surface area contributed by atoms with E-state index in [-0.39, 0.29) is 0 Å². The topological polar surface area (TPSA) is 24.1 Å². The minimum Gasteiger partial charge on any atom is -0.314 e. The van der Waals surface area contributed by atoms with Crippen LogP contribution in [0.2, 0.25) is 0 Å². The van der Waals surface area contributed by atoms with Gasteiger partial charge in [-0.2, -0.15) is 0 Å². The highest BCUT2D eigenvalue weighted by Gasteiger charge is 2.31. The molecular weight excluding hydrogens is 220 g/mol. The minimum atomic E-state index is 0.729. The second kappa shape index (κ2) is 7.81. The van der Waals surface area contributed by atoms with Gasteiger partial charge in [0.25, 0.3) is 0 Å². The third-order valence-electron chi connectivity index (χ3n) is 4.59. The largest absolute Gasteiger partial charge is 0.314 e. The molecule has 1 saturated carbocycles. The summed E-state index contributed by atoms with van der Waals surface area (Å²) in [6.07, 6.45) is 17.1. The molecule has 0 radical (unpaired) electrons. The second-order valence-electron chi connectivity index (χ2n) is 5.87. The van der Waals surface area contributed by atoms with E-state index in [0.717, 1.165) is 37.4 Å². The molecule has 1 heterocycles. The van der Waals surface area contributed by atoms with Crippen molar-refractivity contribution in [2.45, 2.75) is 69.9 Å². The van der Waals surface area contributed by atoms with E-state index in [1.54, 1.807) is 0 Å². The summed E-state index contributed by atoms with van der Waals surface area (Å²) in [6, 6.07) is 1.50. The molecule has 3 atom stereocenters. The fourth-order valence-corrected chi connectivity index (χ4v) is 3.62. The average Bonchev–Trinajstić information content (AvgIpc) is 2.45. The van der Waals surface area contributed by atoms with E-state index in [1.165, 1.54) is 51.5 Å². The quantitative estimate of drug-likeness (QED) is 0.577. The smallest absolute Gasteiger partial charge is 0.0110 e. The standard InChI is InChI=1S/C16H28N2/c1-2-3-7-12-17-15-10-5-4-9-14(15)16-11-6-8-13-18-16/h1,14-18H,3-13H2. The van der Waals surface area contributed by atoms with Crippen molar-refractivity contribution in [2.75, 3.05) is 13.1 Å². The zero-order valence-corrected chi connectivity index (χ0v) is 11.6. The molecule has 0 aromatic rings. The first-order valence-electron chi connectivity index (χ1n) is 7.82. The third-order valence-corrected chi connectivity index (χ3v) is 4.59. The van der Waals surface area contributed by atoms with Crippen LogP contribution in [0.5, 0.6) is 0 Å². The zero-order valence-electron chi connectivity index (χ0n) is 11.6. The van der Waals surface area contributed by atoms with Crippen LogP contribution in [0.3, 0.4) is 0 Å². The Balaban J connectivity index is 1.79. The van der Waals surface area contributed by atoms with Crippen LogP contribution in [0.1, 0.15) is 57.8 Å². The molecule has 1 saturated heterocycles. The van der Waals surface area contributed by atoms with Gasteiger partial charge in [-0.1, -0.05) is 19.3 Å². The summed E-state index contributed by atoms with van der Waals surface area (Å²) in [7, 11) is 0. The van der Waals surface area contributed by atoms with Crippen LogP contribution in [0, 0.1) is 18.3 Å². The van der Waals surface area contributed by atoms with Crippen molar-refractivity contribution in [1.82, 2.24) is 10.6 Å². The molecule has 0 amide bonds. The van der Waals surface area contributed by atoms with Crippen molar-refractivity contribution < 1.29 is 0 Å². The maximum Gasteiger partial charge on any atom is 0.0110 e. The molecule has 2 N–H and O–H groups in total. The fraction of sp³-hybridized carbons (Fsp3) is 0.875. The Morgan fingerprint density at radius 1 is 1.11 bits per heavy atom. The summed E-state index contributed by atoms with van der Waals surface area (Å²) in [6.45, 7) is 2.32. The lowest BCUT2D eigenvalue weighted by Crippen LogP contribution is -2.50. The third kappa shape index (κ3) is 4.00. The van der Waals surface area contributed by atoms with Crippen molar-refractivity contribution in [1.29, 1.82) is 0 Å². The molecule has 2 aliphatic rings.